The quantitative estimate of drug-likeness (QED) is 0.848. The van der Waals surface area contributed by atoms with Crippen LogP contribution in [0.4, 0.5) is 5.69 Å². The average Bonchev–Trinajstić information content (AvgIpc) is 3.16. The van der Waals surface area contributed by atoms with Gasteiger partial charge in [0.05, 0.1) is 6.10 Å². The molecule has 1 aliphatic carbocycles. The van der Waals surface area contributed by atoms with Gasteiger partial charge in [0.15, 0.2) is 0 Å². The molecule has 2 fully saturated rings. The highest BCUT2D eigenvalue weighted by Crippen LogP contribution is 2.30. The van der Waals surface area contributed by atoms with E-state index in [1.165, 1.54) is 11.1 Å². The summed E-state index contributed by atoms with van der Waals surface area (Å²) in [5, 5.41) is 6.06. The molecule has 1 heterocycles. The maximum absolute atomic E-state index is 12.5. The Kier molecular flexibility index (Phi) is 6.30. The molecule has 0 spiro atoms. The molecule has 5 nitrogen and oxygen atoms in total. The Labute approximate surface area is 155 Å². The number of hydrogen-bond acceptors (Lipinski definition) is 3. The number of rotatable bonds is 5. The summed E-state index contributed by atoms with van der Waals surface area (Å²) >= 11 is 0. The Morgan fingerprint density at radius 3 is 2.31 bits per heavy atom. The van der Waals surface area contributed by atoms with Crippen molar-refractivity contribution in [2.75, 3.05) is 18.5 Å². The molecular formula is C21H30N2O3. The average molecular weight is 358 g/mol. The minimum atomic E-state index is -0.00109. The number of ether oxygens (including phenoxy) is 1. The van der Waals surface area contributed by atoms with Crippen LogP contribution >= 0.6 is 0 Å². The van der Waals surface area contributed by atoms with Gasteiger partial charge in [-0.25, -0.2) is 0 Å². The summed E-state index contributed by atoms with van der Waals surface area (Å²) in [4.78, 5) is 24.8. The van der Waals surface area contributed by atoms with E-state index >= 15 is 0 Å². The molecule has 1 aliphatic heterocycles. The summed E-state index contributed by atoms with van der Waals surface area (Å²) in [5.41, 5.74) is 3.25. The van der Waals surface area contributed by atoms with Gasteiger partial charge >= 0.3 is 0 Å². The van der Waals surface area contributed by atoms with Crippen molar-refractivity contribution in [2.45, 2.75) is 58.5 Å². The van der Waals surface area contributed by atoms with Crippen LogP contribution in [0.15, 0.2) is 18.2 Å². The molecule has 2 aliphatic rings. The van der Waals surface area contributed by atoms with E-state index < -0.39 is 0 Å². The van der Waals surface area contributed by atoms with Gasteiger partial charge in [-0.3, -0.25) is 9.59 Å². The Morgan fingerprint density at radius 1 is 1.00 bits per heavy atom. The van der Waals surface area contributed by atoms with E-state index in [2.05, 4.69) is 17.6 Å². The third-order valence-corrected chi connectivity index (χ3v) is 5.77. The maximum atomic E-state index is 12.5. The summed E-state index contributed by atoms with van der Waals surface area (Å²) in [6, 6.07) is 5.99. The lowest BCUT2D eigenvalue weighted by molar-refractivity contribution is -0.128. The van der Waals surface area contributed by atoms with E-state index in [-0.39, 0.29) is 29.8 Å². The second-order valence-corrected chi connectivity index (χ2v) is 7.72. The van der Waals surface area contributed by atoms with Crippen molar-refractivity contribution in [3.8, 4) is 0 Å². The van der Waals surface area contributed by atoms with Crippen molar-refractivity contribution in [1.82, 2.24) is 5.32 Å². The number of nitrogens with one attached hydrogen (secondary N) is 2. The fourth-order valence-corrected chi connectivity index (χ4v) is 3.85. The first-order chi connectivity index (χ1) is 12.5. The van der Waals surface area contributed by atoms with Crippen LogP contribution in [0.25, 0.3) is 0 Å². The van der Waals surface area contributed by atoms with Crippen molar-refractivity contribution in [3.05, 3.63) is 29.3 Å². The molecule has 1 unspecified atom stereocenters. The van der Waals surface area contributed by atoms with E-state index in [4.69, 9.17) is 4.74 Å². The van der Waals surface area contributed by atoms with E-state index in [9.17, 15) is 9.59 Å². The van der Waals surface area contributed by atoms with Gasteiger partial charge in [-0.05, 0) is 75.6 Å². The van der Waals surface area contributed by atoms with Crippen LogP contribution in [0, 0.1) is 25.7 Å². The zero-order valence-electron chi connectivity index (χ0n) is 15.8. The molecule has 0 bridgehead atoms. The minimum Gasteiger partial charge on any atom is -0.376 e. The van der Waals surface area contributed by atoms with E-state index in [0.29, 0.717) is 6.54 Å². The lowest BCUT2D eigenvalue weighted by atomic mass is 9.81. The molecule has 142 valence electrons. The second kappa shape index (κ2) is 8.67. The zero-order valence-corrected chi connectivity index (χ0v) is 15.8. The standard InChI is InChI=1S/C21H30N2O3/c1-14-5-10-18(12-15(14)2)23-21(25)17-8-6-16(7-9-17)20(24)22-13-19-4-3-11-26-19/h5,10,12,16-17,19H,3-4,6-9,11,13H2,1-2H3,(H,22,24)(H,23,25). The maximum Gasteiger partial charge on any atom is 0.227 e. The van der Waals surface area contributed by atoms with Crippen LogP contribution in [0.2, 0.25) is 0 Å². The summed E-state index contributed by atoms with van der Waals surface area (Å²) < 4.78 is 5.54. The molecule has 5 heteroatoms. The summed E-state index contributed by atoms with van der Waals surface area (Å²) in [5.74, 6) is 0.223. The van der Waals surface area contributed by atoms with Crippen molar-refractivity contribution >= 4 is 17.5 Å². The van der Waals surface area contributed by atoms with Crippen LogP contribution in [-0.2, 0) is 14.3 Å². The number of hydrogen-bond donors (Lipinski definition) is 2. The van der Waals surface area contributed by atoms with Gasteiger partial charge in [0, 0.05) is 30.7 Å². The number of anilines is 1. The van der Waals surface area contributed by atoms with Crippen molar-refractivity contribution in [2.24, 2.45) is 11.8 Å². The highest BCUT2D eigenvalue weighted by molar-refractivity contribution is 5.93. The van der Waals surface area contributed by atoms with Gasteiger partial charge in [0.25, 0.3) is 0 Å². The number of aryl methyl sites for hydroxylation is 2. The van der Waals surface area contributed by atoms with Gasteiger partial charge in [-0.15, -0.1) is 0 Å². The van der Waals surface area contributed by atoms with Gasteiger partial charge in [0.2, 0.25) is 11.8 Å². The topological polar surface area (TPSA) is 67.4 Å². The monoisotopic (exact) mass is 358 g/mol. The molecule has 0 aromatic heterocycles. The molecule has 2 N–H and O–H groups in total. The predicted molar refractivity (Wildman–Crippen MR) is 102 cm³/mol. The highest BCUT2D eigenvalue weighted by Gasteiger charge is 2.30. The van der Waals surface area contributed by atoms with Crippen molar-refractivity contribution in [3.63, 3.8) is 0 Å². The Hall–Kier alpha value is -1.88. The summed E-state index contributed by atoms with van der Waals surface area (Å²) in [6.45, 7) is 5.53. The minimum absolute atomic E-state index is 0.00109. The van der Waals surface area contributed by atoms with Gasteiger partial charge in [-0.2, -0.15) is 0 Å². The molecule has 1 saturated carbocycles. The summed E-state index contributed by atoms with van der Waals surface area (Å²) in [6.07, 6.45) is 5.40. The molecule has 1 aromatic carbocycles. The van der Waals surface area contributed by atoms with E-state index in [1.54, 1.807) is 0 Å². The molecule has 2 amide bonds. The molecular weight excluding hydrogens is 328 g/mol. The Morgan fingerprint density at radius 2 is 1.69 bits per heavy atom. The van der Waals surface area contributed by atoms with E-state index in [1.807, 2.05) is 25.1 Å². The molecule has 0 radical (unpaired) electrons. The van der Waals surface area contributed by atoms with Gasteiger partial charge in [-0.1, -0.05) is 6.07 Å². The smallest absolute Gasteiger partial charge is 0.227 e. The highest BCUT2D eigenvalue weighted by atomic mass is 16.5. The number of amides is 2. The first kappa shape index (κ1) is 18.9. The number of carbonyl (C=O) groups is 2. The fraction of sp³-hybridized carbons (Fsp3) is 0.619. The lowest BCUT2D eigenvalue weighted by Gasteiger charge is -2.27. The SMILES string of the molecule is Cc1ccc(NC(=O)C2CCC(C(=O)NCC3CCCO3)CC2)cc1C. The van der Waals surface area contributed by atoms with E-state index in [0.717, 1.165) is 50.8 Å². The predicted octanol–water partition coefficient (Wildman–Crippen LogP) is 3.34. The molecule has 1 aromatic rings. The fourth-order valence-electron chi connectivity index (χ4n) is 3.85. The third-order valence-electron chi connectivity index (χ3n) is 5.77. The third kappa shape index (κ3) is 4.85. The van der Waals surface area contributed by atoms with Crippen LogP contribution in [-0.4, -0.2) is 31.1 Å². The van der Waals surface area contributed by atoms with Crippen LogP contribution in [0.3, 0.4) is 0 Å². The van der Waals surface area contributed by atoms with Gasteiger partial charge in [0.1, 0.15) is 0 Å². The first-order valence-electron chi connectivity index (χ1n) is 9.80. The Bertz CT molecular complexity index is 645. The van der Waals surface area contributed by atoms with Crippen LogP contribution in [0.5, 0.6) is 0 Å². The lowest BCUT2D eigenvalue weighted by Crippen LogP contribution is -2.38. The second-order valence-electron chi connectivity index (χ2n) is 7.72. The number of carbonyl (C=O) groups excluding carboxylic acids is 2. The van der Waals surface area contributed by atoms with Crippen LogP contribution < -0.4 is 10.6 Å². The Balaban J connectivity index is 1.42. The van der Waals surface area contributed by atoms with Gasteiger partial charge < -0.3 is 15.4 Å². The normalized spacial score (nSPS) is 25.7. The molecule has 1 atom stereocenters. The van der Waals surface area contributed by atoms with Crippen molar-refractivity contribution in [1.29, 1.82) is 0 Å². The molecule has 26 heavy (non-hydrogen) atoms. The molecule has 3 rings (SSSR count). The number of benzene rings is 1. The van der Waals surface area contributed by atoms with Crippen LogP contribution in [0.1, 0.15) is 49.7 Å². The summed E-state index contributed by atoms with van der Waals surface area (Å²) in [7, 11) is 0. The van der Waals surface area contributed by atoms with Crippen molar-refractivity contribution < 1.29 is 14.3 Å². The molecule has 1 saturated heterocycles. The largest absolute Gasteiger partial charge is 0.376 e. The zero-order chi connectivity index (χ0) is 18.5. The first-order valence-corrected chi connectivity index (χ1v) is 9.80.